The van der Waals surface area contributed by atoms with Crippen molar-refractivity contribution in [2.75, 3.05) is 11.9 Å². The highest BCUT2D eigenvalue weighted by atomic mass is 16.5. The first-order chi connectivity index (χ1) is 8.79. The Bertz CT molecular complexity index is 575. The molecule has 3 nitrogen and oxygen atoms in total. The largest absolute Gasteiger partial charge is 0.501 e. The number of hydrogen-bond donors (Lipinski definition) is 1. The van der Waals surface area contributed by atoms with Crippen molar-refractivity contribution in [2.24, 2.45) is 0 Å². The molecule has 0 saturated carbocycles. The fourth-order valence-electron chi connectivity index (χ4n) is 1.66. The summed E-state index contributed by atoms with van der Waals surface area (Å²) in [5.74, 6) is -0.196. The van der Waals surface area contributed by atoms with E-state index in [1.54, 1.807) is 0 Å². The Hall–Kier alpha value is -2.29. The summed E-state index contributed by atoms with van der Waals surface area (Å²) in [7, 11) is 0. The number of benzene rings is 2. The monoisotopic (exact) mass is 241 g/mol. The summed E-state index contributed by atoms with van der Waals surface area (Å²) in [5, 5.41) is 5.04. The highest BCUT2D eigenvalue weighted by Gasteiger charge is 1.99. The summed E-state index contributed by atoms with van der Waals surface area (Å²) in [6.45, 7) is 2.42. The number of carbonyl (C=O) groups excluding carboxylic acids is 1. The molecule has 92 valence electrons. The molecule has 0 aliphatic carbocycles. The Balaban J connectivity index is 2.10. The van der Waals surface area contributed by atoms with E-state index in [4.69, 9.17) is 4.74 Å². The molecule has 0 atom stereocenters. The van der Waals surface area contributed by atoms with Gasteiger partial charge >= 0.3 is 0 Å². The van der Waals surface area contributed by atoms with Crippen LogP contribution in [0.1, 0.15) is 6.92 Å². The van der Waals surface area contributed by atoms with Crippen molar-refractivity contribution in [3.05, 3.63) is 54.8 Å². The molecule has 0 spiro atoms. The number of hydrogen-bond acceptors (Lipinski definition) is 2. The van der Waals surface area contributed by atoms with E-state index in [1.165, 1.54) is 12.3 Å². The van der Waals surface area contributed by atoms with Crippen LogP contribution in [0.15, 0.2) is 54.8 Å². The summed E-state index contributed by atoms with van der Waals surface area (Å²) in [6, 6.07) is 13.8. The molecule has 0 aliphatic heterocycles. The van der Waals surface area contributed by atoms with Gasteiger partial charge in [-0.1, -0.05) is 30.3 Å². The smallest absolute Gasteiger partial charge is 0.251 e. The standard InChI is InChI=1S/C15H15NO2/c1-2-18-10-9-15(17)16-14-8-7-12-5-3-4-6-13(12)11-14/h3-11H,2H2,1H3,(H,16,17)/b10-9+. The van der Waals surface area contributed by atoms with Gasteiger partial charge in [-0.25, -0.2) is 0 Å². The molecule has 0 aromatic heterocycles. The minimum absolute atomic E-state index is 0.196. The van der Waals surface area contributed by atoms with Crippen molar-refractivity contribution in [3.8, 4) is 0 Å². The van der Waals surface area contributed by atoms with Gasteiger partial charge in [-0.3, -0.25) is 4.79 Å². The third kappa shape index (κ3) is 3.10. The molecule has 0 heterocycles. The summed E-state index contributed by atoms with van der Waals surface area (Å²) < 4.78 is 4.97. The van der Waals surface area contributed by atoms with E-state index >= 15 is 0 Å². The molecule has 2 aromatic rings. The fraction of sp³-hybridized carbons (Fsp3) is 0.133. The summed E-state index contributed by atoms with van der Waals surface area (Å²) in [5.41, 5.74) is 0.778. The lowest BCUT2D eigenvalue weighted by atomic mass is 10.1. The van der Waals surface area contributed by atoms with Crippen molar-refractivity contribution in [2.45, 2.75) is 6.92 Å². The van der Waals surface area contributed by atoms with Crippen molar-refractivity contribution in [1.82, 2.24) is 0 Å². The fourth-order valence-corrected chi connectivity index (χ4v) is 1.66. The third-order valence-electron chi connectivity index (χ3n) is 2.50. The Morgan fingerprint density at radius 1 is 1.22 bits per heavy atom. The first kappa shape index (κ1) is 12.2. The topological polar surface area (TPSA) is 38.3 Å². The van der Waals surface area contributed by atoms with E-state index in [2.05, 4.69) is 5.32 Å². The summed E-state index contributed by atoms with van der Waals surface area (Å²) in [6.07, 6.45) is 2.77. The van der Waals surface area contributed by atoms with Gasteiger partial charge in [0, 0.05) is 11.8 Å². The number of fused-ring (bicyclic) bond motifs is 1. The predicted octanol–water partition coefficient (Wildman–Crippen LogP) is 3.33. The predicted molar refractivity (Wildman–Crippen MR) is 73.3 cm³/mol. The average Bonchev–Trinajstić information content (AvgIpc) is 2.39. The first-order valence-electron chi connectivity index (χ1n) is 5.87. The quantitative estimate of drug-likeness (QED) is 0.658. The highest BCUT2D eigenvalue weighted by molar-refractivity contribution is 6.00. The molecule has 3 heteroatoms. The molecule has 0 saturated heterocycles. The number of amides is 1. The number of nitrogens with one attached hydrogen (secondary N) is 1. The lowest BCUT2D eigenvalue weighted by molar-refractivity contribution is -0.112. The zero-order chi connectivity index (χ0) is 12.8. The molecule has 2 rings (SSSR count). The average molecular weight is 241 g/mol. The number of anilines is 1. The Morgan fingerprint density at radius 2 is 2.00 bits per heavy atom. The van der Waals surface area contributed by atoms with Crippen molar-refractivity contribution >= 4 is 22.4 Å². The van der Waals surface area contributed by atoms with E-state index in [9.17, 15) is 4.79 Å². The van der Waals surface area contributed by atoms with Gasteiger partial charge in [0.15, 0.2) is 0 Å². The molecule has 0 bridgehead atoms. The third-order valence-corrected chi connectivity index (χ3v) is 2.50. The molecule has 0 aliphatic rings. The molecule has 0 radical (unpaired) electrons. The first-order valence-corrected chi connectivity index (χ1v) is 5.87. The molecule has 0 fully saturated rings. The number of rotatable bonds is 4. The van der Waals surface area contributed by atoms with Gasteiger partial charge in [-0.05, 0) is 29.8 Å². The van der Waals surface area contributed by atoms with Crippen LogP contribution in [0.2, 0.25) is 0 Å². The van der Waals surface area contributed by atoms with Gasteiger partial charge in [0.1, 0.15) is 0 Å². The summed E-state index contributed by atoms with van der Waals surface area (Å²) >= 11 is 0. The molecule has 0 unspecified atom stereocenters. The van der Waals surface area contributed by atoms with Crippen LogP contribution in [0.25, 0.3) is 10.8 Å². The van der Waals surface area contributed by atoms with Crippen LogP contribution in [-0.2, 0) is 9.53 Å². The van der Waals surface area contributed by atoms with Crippen LogP contribution in [0.3, 0.4) is 0 Å². The second-order valence-corrected chi connectivity index (χ2v) is 3.81. The minimum Gasteiger partial charge on any atom is -0.501 e. The lowest BCUT2D eigenvalue weighted by Gasteiger charge is -2.04. The van der Waals surface area contributed by atoms with Gasteiger partial charge in [-0.15, -0.1) is 0 Å². The number of ether oxygens (including phenoxy) is 1. The normalized spacial score (nSPS) is 10.7. The van der Waals surface area contributed by atoms with Crippen LogP contribution in [0.5, 0.6) is 0 Å². The lowest BCUT2D eigenvalue weighted by Crippen LogP contribution is -2.07. The van der Waals surface area contributed by atoms with Crippen molar-refractivity contribution in [1.29, 1.82) is 0 Å². The molecule has 2 aromatic carbocycles. The zero-order valence-electron chi connectivity index (χ0n) is 10.2. The summed E-state index contributed by atoms with van der Waals surface area (Å²) in [4.78, 5) is 11.5. The van der Waals surface area contributed by atoms with Crippen molar-refractivity contribution < 1.29 is 9.53 Å². The van der Waals surface area contributed by atoms with Crippen LogP contribution in [0.4, 0.5) is 5.69 Å². The van der Waals surface area contributed by atoms with Gasteiger partial charge in [0.2, 0.25) is 0 Å². The SMILES string of the molecule is CCO/C=C/C(=O)Nc1ccc2ccccc2c1. The van der Waals surface area contributed by atoms with Gasteiger partial charge in [0.05, 0.1) is 12.9 Å². The Kier molecular flexibility index (Phi) is 3.97. The van der Waals surface area contributed by atoms with Crippen LogP contribution >= 0.6 is 0 Å². The van der Waals surface area contributed by atoms with E-state index in [1.807, 2.05) is 49.4 Å². The van der Waals surface area contributed by atoms with Crippen LogP contribution < -0.4 is 5.32 Å². The van der Waals surface area contributed by atoms with E-state index in [0.717, 1.165) is 16.5 Å². The molecule has 1 amide bonds. The molecular formula is C15H15NO2. The van der Waals surface area contributed by atoms with Crippen molar-refractivity contribution in [3.63, 3.8) is 0 Å². The highest BCUT2D eigenvalue weighted by Crippen LogP contribution is 2.18. The van der Waals surface area contributed by atoms with E-state index in [0.29, 0.717) is 6.61 Å². The van der Waals surface area contributed by atoms with Gasteiger partial charge < -0.3 is 10.1 Å². The second kappa shape index (κ2) is 5.87. The molecule has 18 heavy (non-hydrogen) atoms. The van der Waals surface area contributed by atoms with Crippen LogP contribution in [0, 0.1) is 0 Å². The maximum absolute atomic E-state index is 11.5. The van der Waals surface area contributed by atoms with E-state index in [-0.39, 0.29) is 5.91 Å². The number of carbonyl (C=O) groups is 1. The van der Waals surface area contributed by atoms with Gasteiger partial charge in [-0.2, -0.15) is 0 Å². The zero-order valence-corrected chi connectivity index (χ0v) is 10.2. The second-order valence-electron chi connectivity index (χ2n) is 3.81. The Morgan fingerprint density at radius 3 is 2.78 bits per heavy atom. The minimum atomic E-state index is -0.196. The maximum atomic E-state index is 11.5. The van der Waals surface area contributed by atoms with E-state index < -0.39 is 0 Å². The molecular weight excluding hydrogens is 226 g/mol. The Labute approximate surface area is 106 Å². The molecule has 1 N–H and O–H groups in total. The van der Waals surface area contributed by atoms with Gasteiger partial charge in [0.25, 0.3) is 5.91 Å². The van der Waals surface area contributed by atoms with Crippen LogP contribution in [-0.4, -0.2) is 12.5 Å². The maximum Gasteiger partial charge on any atom is 0.251 e.